The normalized spacial score (nSPS) is 12.4. The van der Waals surface area contributed by atoms with E-state index in [-0.39, 0.29) is 11.6 Å². The Kier molecular flexibility index (Phi) is 3.96. The summed E-state index contributed by atoms with van der Waals surface area (Å²) < 4.78 is 0.490. The average Bonchev–Trinajstić information content (AvgIpc) is 2.77. The second-order valence-corrected chi connectivity index (χ2v) is 5.38. The minimum atomic E-state index is -0.224. The molecule has 0 aliphatic heterocycles. The highest BCUT2D eigenvalue weighted by molar-refractivity contribution is 9.10. The second kappa shape index (κ2) is 5.46. The summed E-state index contributed by atoms with van der Waals surface area (Å²) in [4.78, 5) is 11.3. The molecule has 90 valence electrons. The van der Waals surface area contributed by atoms with Gasteiger partial charge in [-0.1, -0.05) is 0 Å². The van der Waals surface area contributed by atoms with Gasteiger partial charge in [0.1, 0.15) is 4.47 Å². The molecule has 0 bridgehead atoms. The molecule has 0 radical (unpaired) electrons. The summed E-state index contributed by atoms with van der Waals surface area (Å²) in [5, 5.41) is 13.6. The van der Waals surface area contributed by atoms with Crippen LogP contribution >= 0.6 is 27.3 Å². The summed E-state index contributed by atoms with van der Waals surface area (Å²) in [6.45, 7) is 2.07. The molecule has 17 heavy (non-hydrogen) atoms. The summed E-state index contributed by atoms with van der Waals surface area (Å²) in [7, 11) is 0. The van der Waals surface area contributed by atoms with Gasteiger partial charge in [-0.25, -0.2) is 5.10 Å². The zero-order valence-electron chi connectivity index (χ0n) is 9.24. The fourth-order valence-corrected chi connectivity index (χ4v) is 2.55. The molecule has 2 N–H and O–H groups in total. The van der Waals surface area contributed by atoms with Gasteiger partial charge in [0.2, 0.25) is 0 Å². The van der Waals surface area contributed by atoms with Crippen molar-refractivity contribution in [2.75, 3.05) is 5.32 Å². The van der Waals surface area contributed by atoms with Gasteiger partial charge in [0.15, 0.2) is 0 Å². The maximum atomic E-state index is 11.3. The molecule has 0 aliphatic rings. The third-order valence-electron chi connectivity index (χ3n) is 2.32. The van der Waals surface area contributed by atoms with Crippen molar-refractivity contribution in [3.8, 4) is 0 Å². The van der Waals surface area contributed by atoms with E-state index in [1.54, 1.807) is 17.5 Å². The van der Waals surface area contributed by atoms with Crippen LogP contribution in [0.15, 0.2) is 32.3 Å². The number of nitrogens with one attached hydrogen (secondary N) is 2. The highest BCUT2D eigenvalue weighted by Gasteiger charge is 2.08. The predicted octanol–water partition coefficient (Wildman–Crippen LogP) is 2.64. The fraction of sp³-hybridized carbons (Fsp3) is 0.273. The van der Waals surface area contributed by atoms with Crippen LogP contribution in [-0.4, -0.2) is 16.2 Å². The number of rotatable bonds is 4. The first kappa shape index (κ1) is 12.3. The molecule has 1 atom stereocenters. The van der Waals surface area contributed by atoms with Crippen molar-refractivity contribution in [3.63, 3.8) is 0 Å². The highest BCUT2D eigenvalue weighted by Crippen LogP contribution is 2.18. The van der Waals surface area contributed by atoms with Gasteiger partial charge in [0.05, 0.1) is 11.9 Å². The van der Waals surface area contributed by atoms with Crippen molar-refractivity contribution < 1.29 is 0 Å². The fourth-order valence-electron chi connectivity index (χ4n) is 1.56. The van der Waals surface area contributed by atoms with Gasteiger partial charge in [0.25, 0.3) is 5.56 Å². The van der Waals surface area contributed by atoms with Crippen molar-refractivity contribution in [1.82, 2.24) is 10.2 Å². The number of halogens is 1. The zero-order valence-corrected chi connectivity index (χ0v) is 11.6. The molecule has 0 amide bonds. The maximum Gasteiger partial charge on any atom is 0.280 e. The Balaban J connectivity index is 2.05. The van der Waals surface area contributed by atoms with Crippen LogP contribution in [0.4, 0.5) is 5.69 Å². The van der Waals surface area contributed by atoms with Gasteiger partial charge in [-0.15, -0.1) is 0 Å². The van der Waals surface area contributed by atoms with E-state index in [1.807, 2.05) is 0 Å². The van der Waals surface area contributed by atoms with E-state index in [0.717, 1.165) is 12.1 Å². The lowest BCUT2D eigenvalue weighted by molar-refractivity contribution is 0.788. The van der Waals surface area contributed by atoms with Crippen LogP contribution in [0.25, 0.3) is 0 Å². The molecular weight excluding hydrogens is 302 g/mol. The highest BCUT2D eigenvalue weighted by atomic mass is 79.9. The number of H-pyrrole nitrogens is 1. The molecular formula is C11H12BrN3OS. The molecule has 0 spiro atoms. The molecule has 2 heterocycles. The van der Waals surface area contributed by atoms with E-state index < -0.39 is 0 Å². The molecule has 2 aromatic rings. The number of nitrogens with zero attached hydrogens (tertiary/aromatic N) is 1. The minimum Gasteiger partial charge on any atom is -0.380 e. The van der Waals surface area contributed by atoms with Crippen LogP contribution in [0.5, 0.6) is 0 Å². The van der Waals surface area contributed by atoms with Crippen molar-refractivity contribution in [2.45, 2.75) is 19.4 Å². The predicted molar refractivity (Wildman–Crippen MR) is 73.7 cm³/mol. The van der Waals surface area contributed by atoms with E-state index in [9.17, 15) is 4.79 Å². The monoisotopic (exact) mass is 313 g/mol. The third-order valence-corrected chi connectivity index (χ3v) is 3.84. The molecule has 2 aromatic heterocycles. The summed E-state index contributed by atoms with van der Waals surface area (Å²) >= 11 is 4.93. The quantitative estimate of drug-likeness (QED) is 0.912. The van der Waals surface area contributed by atoms with Crippen molar-refractivity contribution in [3.05, 3.63) is 43.4 Å². The SMILES string of the molecule is CC(Cc1ccsc1)Nc1cn[nH]c(=O)c1Br. The van der Waals surface area contributed by atoms with Crippen LogP contribution in [0, 0.1) is 0 Å². The Morgan fingerprint density at radius 3 is 3.18 bits per heavy atom. The van der Waals surface area contributed by atoms with Crippen LogP contribution in [0.3, 0.4) is 0 Å². The van der Waals surface area contributed by atoms with Gasteiger partial charge in [-0.05, 0) is 51.7 Å². The Morgan fingerprint density at radius 2 is 2.47 bits per heavy atom. The summed E-state index contributed by atoms with van der Waals surface area (Å²) in [6.07, 6.45) is 2.53. The van der Waals surface area contributed by atoms with Crippen molar-refractivity contribution in [2.24, 2.45) is 0 Å². The second-order valence-electron chi connectivity index (χ2n) is 3.81. The summed E-state index contributed by atoms with van der Waals surface area (Å²) in [5.41, 5.74) is 1.79. The van der Waals surface area contributed by atoms with E-state index in [0.29, 0.717) is 4.47 Å². The lowest BCUT2D eigenvalue weighted by Crippen LogP contribution is -2.20. The minimum absolute atomic E-state index is 0.224. The number of thiophene rings is 1. The van der Waals surface area contributed by atoms with Gasteiger partial charge in [-0.3, -0.25) is 4.79 Å². The first-order chi connectivity index (χ1) is 8.16. The van der Waals surface area contributed by atoms with E-state index in [1.165, 1.54) is 5.56 Å². The molecule has 0 saturated heterocycles. The molecule has 2 rings (SSSR count). The first-order valence-corrected chi connectivity index (χ1v) is 6.91. The van der Waals surface area contributed by atoms with Gasteiger partial charge < -0.3 is 5.32 Å². The van der Waals surface area contributed by atoms with Crippen molar-refractivity contribution >= 4 is 33.0 Å². The average molecular weight is 314 g/mol. The van der Waals surface area contributed by atoms with Crippen LogP contribution < -0.4 is 10.9 Å². The van der Waals surface area contributed by atoms with Gasteiger partial charge in [-0.2, -0.15) is 16.4 Å². The number of hydrogen-bond donors (Lipinski definition) is 2. The number of aromatic nitrogens is 2. The van der Waals surface area contributed by atoms with Crippen molar-refractivity contribution in [1.29, 1.82) is 0 Å². The number of aromatic amines is 1. The lowest BCUT2D eigenvalue weighted by Gasteiger charge is -2.14. The molecule has 0 aromatic carbocycles. The van der Waals surface area contributed by atoms with Gasteiger partial charge in [0, 0.05) is 6.04 Å². The summed E-state index contributed by atoms with van der Waals surface area (Å²) in [5.74, 6) is 0. The maximum absolute atomic E-state index is 11.3. The van der Waals surface area contributed by atoms with Crippen LogP contribution in [-0.2, 0) is 6.42 Å². The van der Waals surface area contributed by atoms with Gasteiger partial charge >= 0.3 is 0 Å². The molecule has 1 unspecified atom stereocenters. The standard InChI is InChI=1S/C11H12BrN3OS/c1-7(4-8-2-3-17-6-8)14-9-5-13-15-11(16)10(9)12/h2-3,5-7H,4H2,1H3,(H2,14,15,16). The molecule has 0 fully saturated rings. The zero-order chi connectivity index (χ0) is 12.3. The molecule has 4 nitrogen and oxygen atoms in total. The van der Waals surface area contributed by atoms with Crippen LogP contribution in [0.1, 0.15) is 12.5 Å². The number of anilines is 1. The lowest BCUT2D eigenvalue weighted by atomic mass is 10.1. The van der Waals surface area contributed by atoms with Crippen LogP contribution in [0.2, 0.25) is 0 Å². The Hall–Kier alpha value is -1.14. The van der Waals surface area contributed by atoms with E-state index >= 15 is 0 Å². The Morgan fingerprint density at radius 1 is 1.65 bits per heavy atom. The molecule has 0 aliphatic carbocycles. The number of hydrogen-bond acceptors (Lipinski definition) is 4. The summed E-state index contributed by atoms with van der Waals surface area (Å²) in [6, 6.07) is 2.35. The Labute approximate surface area is 111 Å². The topological polar surface area (TPSA) is 57.8 Å². The molecule has 6 heteroatoms. The largest absolute Gasteiger partial charge is 0.380 e. The van der Waals surface area contributed by atoms with E-state index in [4.69, 9.17) is 0 Å². The molecule has 0 saturated carbocycles. The third kappa shape index (κ3) is 3.17. The van der Waals surface area contributed by atoms with E-state index in [2.05, 4.69) is 55.2 Å². The first-order valence-electron chi connectivity index (χ1n) is 5.17. The Bertz CT molecular complexity index is 538. The smallest absolute Gasteiger partial charge is 0.280 e.